The number of carboxylic acid groups (broad SMARTS) is 1. The van der Waals surface area contributed by atoms with Gasteiger partial charge in [-0.25, -0.2) is 4.79 Å². The van der Waals surface area contributed by atoms with Crippen LogP contribution in [0, 0.1) is 12.3 Å². The van der Waals surface area contributed by atoms with Gasteiger partial charge in [-0.1, -0.05) is 25.5 Å². The van der Waals surface area contributed by atoms with E-state index in [1.165, 1.54) is 12.8 Å². The third-order valence-corrected chi connectivity index (χ3v) is 4.62. The highest BCUT2D eigenvalue weighted by atomic mass is 16.4. The number of anilines is 1. The molecule has 1 N–H and O–H groups in total. The minimum atomic E-state index is -0.841. The summed E-state index contributed by atoms with van der Waals surface area (Å²) in [5.41, 5.74) is 2.68. The SMILES string of the molecule is Cc1ccc(N(C)C2CCC(C)(C)CC2)c(C(=O)O)c1. The Morgan fingerprint density at radius 2 is 1.90 bits per heavy atom. The number of carbonyl (C=O) groups is 1. The molecule has 1 aliphatic carbocycles. The molecule has 0 spiro atoms. The zero-order chi connectivity index (χ0) is 14.9. The van der Waals surface area contributed by atoms with E-state index in [1.54, 1.807) is 6.07 Å². The number of nitrogens with zero attached hydrogens (tertiary/aromatic N) is 1. The Morgan fingerprint density at radius 3 is 2.45 bits per heavy atom. The fourth-order valence-electron chi connectivity index (χ4n) is 3.10. The summed E-state index contributed by atoms with van der Waals surface area (Å²) in [6.07, 6.45) is 4.68. The molecule has 0 bridgehead atoms. The van der Waals surface area contributed by atoms with Crippen LogP contribution in [0.4, 0.5) is 5.69 Å². The van der Waals surface area contributed by atoms with Crippen molar-refractivity contribution in [3.05, 3.63) is 29.3 Å². The van der Waals surface area contributed by atoms with Crippen LogP contribution in [0.5, 0.6) is 0 Å². The molecular formula is C17H25NO2. The van der Waals surface area contributed by atoms with Crippen LogP contribution in [0.2, 0.25) is 0 Å². The molecule has 0 heterocycles. The second-order valence-electron chi connectivity index (χ2n) is 6.83. The zero-order valence-electron chi connectivity index (χ0n) is 12.9. The lowest BCUT2D eigenvalue weighted by Crippen LogP contribution is -2.37. The van der Waals surface area contributed by atoms with Crippen LogP contribution in [0.3, 0.4) is 0 Å². The predicted molar refractivity (Wildman–Crippen MR) is 82.6 cm³/mol. The second-order valence-corrected chi connectivity index (χ2v) is 6.83. The average Bonchev–Trinajstić information content (AvgIpc) is 2.37. The van der Waals surface area contributed by atoms with E-state index in [2.05, 4.69) is 18.7 Å². The summed E-state index contributed by atoms with van der Waals surface area (Å²) < 4.78 is 0. The van der Waals surface area contributed by atoms with Crippen LogP contribution >= 0.6 is 0 Å². The van der Waals surface area contributed by atoms with E-state index >= 15 is 0 Å². The van der Waals surface area contributed by atoms with Crippen LogP contribution < -0.4 is 4.90 Å². The van der Waals surface area contributed by atoms with Crippen molar-refractivity contribution >= 4 is 11.7 Å². The summed E-state index contributed by atoms with van der Waals surface area (Å²) in [5.74, 6) is -0.841. The largest absolute Gasteiger partial charge is 0.478 e. The molecule has 3 heteroatoms. The van der Waals surface area contributed by atoms with E-state index in [1.807, 2.05) is 26.1 Å². The number of aromatic carboxylic acids is 1. The summed E-state index contributed by atoms with van der Waals surface area (Å²) in [4.78, 5) is 13.6. The van der Waals surface area contributed by atoms with Crippen molar-refractivity contribution in [1.82, 2.24) is 0 Å². The number of rotatable bonds is 3. The van der Waals surface area contributed by atoms with Crippen LogP contribution in [0.25, 0.3) is 0 Å². The Kier molecular flexibility index (Phi) is 4.07. The first kappa shape index (κ1) is 14.9. The molecule has 110 valence electrons. The number of hydrogen-bond acceptors (Lipinski definition) is 2. The van der Waals surface area contributed by atoms with E-state index in [-0.39, 0.29) is 0 Å². The highest BCUT2D eigenvalue weighted by Crippen LogP contribution is 2.38. The lowest BCUT2D eigenvalue weighted by atomic mass is 9.75. The van der Waals surface area contributed by atoms with Gasteiger partial charge in [-0.15, -0.1) is 0 Å². The Morgan fingerprint density at radius 1 is 1.30 bits per heavy atom. The summed E-state index contributed by atoms with van der Waals surface area (Å²) in [6, 6.07) is 6.15. The number of benzene rings is 1. The Bertz CT molecular complexity index is 498. The summed E-state index contributed by atoms with van der Waals surface area (Å²) in [6.45, 7) is 6.56. The Hall–Kier alpha value is -1.51. The van der Waals surface area contributed by atoms with Gasteiger partial charge in [0.25, 0.3) is 0 Å². The van der Waals surface area contributed by atoms with Gasteiger partial charge in [0.2, 0.25) is 0 Å². The van der Waals surface area contributed by atoms with Gasteiger partial charge < -0.3 is 10.0 Å². The molecule has 0 aliphatic heterocycles. The van der Waals surface area contributed by atoms with Crippen LogP contribution in [-0.2, 0) is 0 Å². The molecule has 0 unspecified atom stereocenters. The number of hydrogen-bond donors (Lipinski definition) is 1. The van der Waals surface area contributed by atoms with Gasteiger partial charge in [-0.3, -0.25) is 0 Å². The highest BCUT2D eigenvalue weighted by molar-refractivity contribution is 5.94. The summed E-state index contributed by atoms with van der Waals surface area (Å²) in [7, 11) is 2.03. The Balaban J connectivity index is 2.21. The smallest absolute Gasteiger partial charge is 0.337 e. The van der Waals surface area contributed by atoms with Crippen LogP contribution in [0.15, 0.2) is 18.2 Å². The van der Waals surface area contributed by atoms with Gasteiger partial charge in [0.1, 0.15) is 0 Å². The van der Waals surface area contributed by atoms with Gasteiger partial charge >= 0.3 is 5.97 Å². The minimum Gasteiger partial charge on any atom is -0.478 e. The molecule has 1 saturated carbocycles. The second kappa shape index (κ2) is 5.47. The van der Waals surface area contributed by atoms with Crippen molar-refractivity contribution in [2.24, 2.45) is 5.41 Å². The average molecular weight is 275 g/mol. The van der Waals surface area contributed by atoms with Crippen molar-refractivity contribution in [2.45, 2.75) is 52.5 Å². The molecular weight excluding hydrogens is 250 g/mol. The lowest BCUT2D eigenvalue weighted by Gasteiger charge is -2.40. The fourth-order valence-corrected chi connectivity index (χ4v) is 3.10. The van der Waals surface area contributed by atoms with Crippen LogP contribution in [-0.4, -0.2) is 24.2 Å². The molecule has 0 saturated heterocycles. The first-order valence-corrected chi connectivity index (χ1v) is 7.37. The maximum absolute atomic E-state index is 11.4. The molecule has 1 fully saturated rings. The van der Waals surface area contributed by atoms with E-state index in [9.17, 15) is 9.90 Å². The van der Waals surface area contributed by atoms with Crippen molar-refractivity contribution < 1.29 is 9.90 Å². The third kappa shape index (κ3) is 3.14. The number of carboxylic acids is 1. The van der Waals surface area contributed by atoms with E-state index in [0.29, 0.717) is 17.0 Å². The van der Waals surface area contributed by atoms with Gasteiger partial charge in [-0.2, -0.15) is 0 Å². The van der Waals surface area contributed by atoms with Gasteiger partial charge in [-0.05, 0) is 50.2 Å². The maximum Gasteiger partial charge on any atom is 0.337 e. The molecule has 0 amide bonds. The van der Waals surface area contributed by atoms with Crippen LogP contribution in [0.1, 0.15) is 55.5 Å². The molecule has 0 aromatic heterocycles. The minimum absolute atomic E-state index is 0.414. The number of aryl methyl sites for hydroxylation is 1. The molecule has 1 aromatic rings. The first-order chi connectivity index (χ1) is 9.30. The normalized spacial score (nSPS) is 18.8. The van der Waals surface area contributed by atoms with Gasteiger partial charge in [0.15, 0.2) is 0 Å². The van der Waals surface area contributed by atoms with E-state index in [4.69, 9.17) is 0 Å². The first-order valence-electron chi connectivity index (χ1n) is 7.37. The van der Waals surface area contributed by atoms with E-state index < -0.39 is 5.97 Å². The quantitative estimate of drug-likeness (QED) is 0.903. The molecule has 1 aliphatic rings. The Labute approximate surface area is 121 Å². The molecule has 3 nitrogen and oxygen atoms in total. The zero-order valence-corrected chi connectivity index (χ0v) is 12.9. The van der Waals surface area contributed by atoms with E-state index in [0.717, 1.165) is 24.1 Å². The fraction of sp³-hybridized carbons (Fsp3) is 0.588. The molecule has 0 radical (unpaired) electrons. The maximum atomic E-state index is 11.4. The van der Waals surface area contributed by atoms with Crippen molar-refractivity contribution in [3.8, 4) is 0 Å². The predicted octanol–water partition coefficient (Wildman–Crippen LogP) is 4.10. The molecule has 0 atom stereocenters. The standard InChI is InChI=1S/C17H25NO2/c1-12-5-6-15(14(11-12)16(19)20)18(4)13-7-9-17(2,3)10-8-13/h5-6,11,13H,7-10H2,1-4H3,(H,19,20). The summed E-state index contributed by atoms with van der Waals surface area (Å²) in [5, 5.41) is 9.39. The molecule has 2 rings (SSSR count). The topological polar surface area (TPSA) is 40.5 Å². The highest BCUT2D eigenvalue weighted by Gasteiger charge is 2.30. The monoisotopic (exact) mass is 275 g/mol. The van der Waals surface area contributed by atoms with Gasteiger partial charge in [0.05, 0.1) is 11.3 Å². The third-order valence-electron chi connectivity index (χ3n) is 4.62. The van der Waals surface area contributed by atoms with Crippen molar-refractivity contribution in [3.63, 3.8) is 0 Å². The van der Waals surface area contributed by atoms with Crippen molar-refractivity contribution in [2.75, 3.05) is 11.9 Å². The van der Waals surface area contributed by atoms with Crippen molar-refractivity contribution in [1.29, 1.82) is 0 Å². The molecule has 20 heavy (non-hydrogen) atoms. The molecule has 1 aromatic carbocycles. The van der Waals surface area contributed by atoms with Gasteiger partial charge in [0, 0.05) is 13.1 Å². The summed E-state index contributed by atoms with van der Waals surface area (Å²) >= 11 is 0. The lowest BCUT2D eigenvalue weighted by molar-refractivity contribution is 0.0697.